The van der Waals surface area contributed by atoms with Gasteiger partial charge in [-0.25, -0.2) is 0 Å². The Morgan fingerprint density at radius 2 is 1.58 bits per heavy atom. The number of fused-ring (bicyclic) bond motifs is 1. The second-order valence-electron chi connectivity index (χ2n) is 7.20. The van der Waals surface area contributed by atoms with Crippen LogP contribution >= 0.6 is 23.5 Å². The van der Waals surface area contributed by atoms with E-state index in [9.17, 15) is 0 Å². The van der Waals surface area contributed by atoms with E-state index in [1.54, 1.807) is 23.5 Å². The summed E-state index contributed by atoms with van der Waals surface area (Å²) in [5, 5.41) is 2.14. The predicted molar refractivity (Wildman–Crippen MR) is 132 cm³/mol. The molecule has 31 heavy (non-hydrogen) atoms. The van der Waals surface area contributed by atoms with Gasteiger partial charge in [0.05, 0.1) is 10.7 Å². The van der Waals surface area contributed by atoms with Gasteiger partial charge in [0.25, 0.3) is 0 Å². The maximum atomic E-state index is 5.02. The molecule has 0 spiro atoms. The summed E-state index contributed by atoms with van der Waals surface area (Å²) in [4.78, 5) is 8.54. The molecule has 0 N–H and O–H groups in total. The molecule has 0 saturated heterocycles. The van der Waals surface area contributed by atoms with Gasteiger partial charge in [-0.3, -0.25) is 0 Å². The fourth-order valence-electron chi connectivity index (χ4n) is 3.73. The Bertz CT molecular complexity index is 1250. The molecule has 1 aliphatic rings. The maximum Gasteiger partial charge on any atom is 0.365 e. The molecule has 0 saturated carbocycles. The molecule has 0 fully saturated rings. The summed E-state index contributed by atoms with van der Waals surface area (Å²) in [6.07, 6.45) is 4.27. The van der Waals surface area contributed by atoms with Crippen molar-refractivity contribution in [2.45, 2.75) is 10.1 Å². The Labute approximate surface area is 191 Å². The number of nitrogens with zero attached hydrogens (tertiary/aromatic N) is 3. The van der Waals surface area contributed by atoms with Crippen LogP contribution in [0.25, 0.3) is 23.0 Å². The largest absolute Gasteiger partial charge is 0.365 e. The third kappa shape index (κ3) is 3.87. The van der Waals surface area contributed by atoms with Crippen LogP contribution in [0.4, 0.5) is 5.69 Å². The highest BCUT2D eigenvalue weighted by atomic mass is 32.2. The topological polar surface area (TPSA) is 20.0 Å². The Morgan fingerprint density at radius 1 is 0.903 bits per heavy atom. The van der Waals surface area contributed by atoms with Gasteiger partial charge in [0.15, 0.2) is 5.69 Å². The average molecular weight is 441 g/mol. The van der Waals surface area contributed by atoms with Crippen LogP contribution in [0.1, 0.15) is 5.69 Å². The third-order valence-electron chi connectivity index (χ3n) is 5.25. The van der Waals surface area contributed by atoms with Crippen molar-refractivity contribution in [1.29, 1.82) is 0 Å². The Morgan fingerprint density at radius 3 is 2.29 bits per heavy atom. The second-order valence-corrected chi connectivity index (χ2v) is 9.04. The molecule has 152 valence electrons. The number of para-hydroxylation sites is 2. The van der Waals surface area contributed by atoms with Gasteiger partial charge in [-0.15, -0.1) is 0 Å². The monoisotopic (exact) mass is 440 g/mol. The minimum atomic E-state index is 0.956. The first-order valence-corrected chi connectivity index (χ1v) is 12.1. The molecular formula is C26H22N3S2+. The number of thioether (sulfide) groups is 2. The number of rotatable bonds is 4. The summed E-state index contributed by atoms with van der Waals surface area (Å²) in [5.74, 6) is 0. The van der Waals surface area contributed by atoms with Crippen molar-refractivity contribution >= 4 is 35.3 Å². The van der Waals surface area contributed by atoms with E-state index >= 15 is 0 Å². The Balaban J connectivity index is 1.67. The molecule has 5 rings (SSSR count). The zero-order chi connectivity index (χ0) is 21.2. The van der Waals surface area contributed by atoms with Crippen LogP contribution in [0.2, 0.25) is 0 Å². The first-order valence-electron chi connectivity index (χ1n) is 10.1. The first-order chi connectivity index (χ1) is 15.2. The van der Waals surface area contributed by atoms with Crippen molar-refractivity contribution in [3.63, 3.8) is 0 Å². The van der Waals surface area contributed by atoms with Crippen LogP contribution in [-0.2, 0) is 0 Å². The minimum absolute atomic E-state index is 0.956. The SMILES string of the molecule is CSc1nc(/C=C2\Sc3ccccc3N2C)cc(-c2ccccc2)[n+]1-c1ccccc1. The highest BCUT2D eigenvalue weighted by Gasteiger charge is 2.25. The molecule has 3 aromatic carbocycles. The molecular weight excluding hydrogens is 418 g/mol. The first kappa shape index (κ1) is 19.9. The van der Waals surface area contributed by atoms with Gasteiger partial charge in [-0.2, -0.15) is 4.57 Å². The van der Waals surface area contributed by atoms with E-state index in [0.717, 1.165) is 22.2 Å². The molecule has 0 aliphatic carbocycles. The fraction of sp³-hybridized carbons (Fsp3) is 0.0769. The molecule has 4 aromatic rings. The van der Waals surface area contributed by atoms with E-state index < -0.39 is 0 Å². The Kier molecular flexibility index (Phi) is 5.53. The van der Waals surface area contributed by atoms with Crippen molar-refractivity contribution in [3.8, 4) is 16.9 Å². The summed E-state index contributed by atoms with van der Waals surface area (Å²) in [5.41, 5.74) is 5.60. The quantitative estimate of drug-likeness (QED) is 0.211. The molecule has 5 heteroatoms. The van der Waals surface area contributed by atoms with Gasteiger partial charge >= 0.3 is 5.16 Å². The summed E-state index contributed by atoms with van der Waals surface area (Å²) < 4.78 is 2.24. The summed E-state index contributed by atoms with van der Waals surface area (Å²) in [6, 6.07) is 31.7. The molecule has 0 amide bonds. The van der Waals surface area contributed by atoms with Gasteiger partial charge in [0, 0.05) is 29.6 Å². The van der Waals surface area contributed by atoms with Crippen molar-refractivity contribution < 1.29 is 4.57 Å². The number of aromatic nitrogens is 2. The molecule has 3 nitrogen and oxygen atoms in total. The lowest BCUT2D eigenvalue weighted by Crippen LogP contribution is -2.37. The van der Waals surface area contributed by atoms with Gasteiger partial charge in [-0.1, -0.05) is 72.4 Å². The van der Waals surface area contributed by atoms with Crippen LogP contribution in [0.15, 0.2) is 106 Å². The Hall–Kier alpha value is -3.02. The van der Waals surface area contributed by atoms with E-state index in [4.69, 9.17) is 4.98 Å². The minimum Gasteiger partial charge on any atom is -0.338 e. The molecule has 0 radical (unpaired) electrons. The van der Waals surface area contributed by atoms with Crippen molar-refractivity contribution in [3.05, 3.63) is 102 Å². The van der Waals surface area contributed by atoms with Crippen LogP contribution in [0.3, 0.4) is 0 Å². The lowest BCUT2D eigenvalue weighted by Gasteiger charge is -2.13. The van der Waals surface area contributed by atoms with Gasteiger partial charge in [0.2, 0.25) is 0 Å². The number of benzene rings is 3. The molecule has 0 unspecified atom stereocenters. The van der Waals surface area contributed by atoms with E-state index in [0.29, 0.717) is 0 Å². The van der Waals surface area contributed by atoms with Crippen LogP contribution in [0, 0.1) is 0 Å². The van der Waals surface area contributed by atoms with Crippen molar-refractivity contribution in [1.82, 2.24) is 4.98 Å². The summed E-state index contributed by atoms with van der Waals surface area (Å²) in [7, 11) is 2.12. The highest BCUT2D eigenvalue weighted by Crippen LogP contribution is 2.45. The molecule has 2 heterocycles. The maximum absolute atomic E-state index is 5.02. The van der Waals surface area contributed by atoms with Crippen LogP contribution in [0.5, 0.6) is 0 Å². The third-order valence-corrected chi connectivity index (χ3v) is 7.06. The van der Waals surface area contributed by atoms with E-state index in [2.05, 4.69) is 114 Å². The standard InChI is InChI=1S/C26H22N3S2/c1-28-22-15-9-10-16-24(22)31-25(28)18-20-17-23(19-11-5-3-6-12-19)29(26(27-20)30-2)21-13-7-4-8-14-21/h3-18H,1-2H3/q+1. The smallest absolute Gasteiger partial charge is 0.338 e. The fourth-order valence-corrected chi connectivity index (χ4v) is 5.41. The lowest BCUT2D eigenvalue weighted by molar-refractivity contribution is -0.629. The van der Waals surface area contributed by atoms with Crippen molar-refractivity contribution in [2.75, 3.05) is 18.2 Å². The second kappa shape index (κ2) is 8.61. The van der Waals surface area contributed by atoms with E-state index in [1.807, 2.05) is 6.07 Å². The van der Waals surface area contributed by atoms with Gasteiger partial charge in [0.1, 0.15) is 11.4 Å². The average Bonchev–Trinajstić information content (AvgIpc) is 3.15. The van der Waals surface area contributed by atoms with E-state index in [-0.39, 0.29) is 0 Å². The predicted octanol–water partition coefficient (Wildman–Crippen LogP) is 6.29. The van der Waals surface area contributed by atoms with Crippen molar-refractivity contribution in [2.24, 2.45) is 0 Å². The van der Waals surface area contributed by atoms with Crippen LogP contribution in [-0.4, -0.2) is 18.3 Å². The van der Waals surface area contributed by atoms with Crippen LogP contribution < -0.4 is 9.47 Å². The zero-order valence-electron chi connectivity index (χ0n) is 17.4. The van der Waals surface area contributed by atoms with Gasteiger partial charge < -0.3 is 4.90 Å². The summed E-state index contributed by atoms with van der Waals surface area (Å²) in [6.45, 7) is 0. The summed E-state index contributed by atoms with van der Waals surface area (Å²) >= 11 is 3.45. The molecule has 0 bridgehead atoms. The lowest BCUT2D eigenvalue weighted by atomic mass is 10.1. The molecule has 1 aromatic heterocycles. The van der Waals surface area contributed by atoms with Gasteiger partial charge in [-0.05, 0) is 47.3 Å². The number of anilines is 1. The van der Waals surface area contributed by atoms with E-state index in [1.165, 1.54) is 21.2 Å². The zero-order valence-corrected chi connectivity index (χ0v) is 19.0. The number of hydrogen-bond donors (Lipinski definition) is 0. The normalized spacial score (nSPS) is 14.1. The number of hydrogen-bond acceptors (Lipinski definition) is 4. The highest BCUT2D eigenvalue weighted by molar-refractivity contribution is 8.03. The molecule has 0 atom stereocenters. The molecule has 1 aliphatic heterocycles.